The van der Waals surface area contributed by atoms with Crippen LogP contribution >= 0.6 is 0 Å². The van der Waals surface area contributed by atoms with E-state index in [1.54, 1.807) is 5.57 Å². The van der Waals surface area contributed by atoms with Gasteiger partial charge in [-0.15, -0.1) is 0 Å². The average Bonchev–Trinajstić information content (AvgIpc) is 2.49. The lowest BCUT2D eigenvalue weighted by Crippen LogP contribution is -2.46. The summed E-state index contributed by atoms with van der Waals surface area (Å²) >= 11 is 0. The van der Waals surface area contributed by atoms with E-state index in [9.17, 15) is 0 Å². The van der Waals surface area contributed by atoms with Gasteiger partial charge in [0.25, 0.3) is 0 Å². The van der Waals surface area contributed by atoms with E-state index < -0.39 is 0 Å². The highest BCUT2D eigenvalue weighted by Crippen LogP contribution is 2.46. The number of rotatable bonds is 9. The molecule has 0 bridgehead atoms. The maximum absolute atomic E-state index is 3.90. The molecule has 0 aromatic rings. The highest BCUT2D eigenvalue weighted by Gasteiger charge is 2.39. The zero-order valence-electron chi connectivity index (χ0n) is 16.2. The Labute approximate surface area is 140 Å². The minimum Gasteiger partial charge on any atom is -0.310 e. The van der Waals surface area contributed by atoms with Crippen molar-refractivity contribution in [3.63, 3.8) is 0 Å². The van der Waals surface area contributed by atoms with Crippen LogP contribution < -0.4 is 5.32 Å². The summed E-state index contributed by atoms with van der Waals surface area (Å²) in [6.45, 7) is 15.3. The van der Waals surface area contributed by atoms with Crippen LogP contribution in [-0.4, -0.2) is 12.6 Å². The Kier molecular flexibility index (Phi) is 8.75. The Bertz CT molecular complexity index is 331. The summed E-state index contributed by atoms with van der Waals surface area (Å²) in [6.07, 6.45) is 13.3. The molecule has 1 heteroatoms. The summed E-state index contributed by atoms with van der Waals surface area (Å²) in [5.41, 5.74) is 2.12. The Morgan fingerprint density at radius 1 is 1.27 bits per heavy atom. The molecule has 0 aromatic heterocycles. The van der Waals surface area contributed by atoms with E-state index in [0.717, 1.165) is 24.8 Å². The van der Waals surface area contributed by atoms with Crippen molar-refractivity contribution in [3.05, 3.63) is 11.6 Å². The molecular weight excluding hydrogens is 266 g/mol. The van der Waals surface area contributed by atoms with Gasteiger partial charge < -0.3 is 5.32 Å². The maximum atomic E-state index is 3.90. The van der Waals surface area contributed by atoms with Crippen LogP contribution in [0.25, 0.3) is 0 Å². The van der Waals surface area contributed by atoms with Gasteiger partial charge in [0.2, 0.25) is 0 Å². The highest BCUT2D eigenvalue weighted by molar-refractivity contribution is 5.04. The van der Waals surface area contributed by atoms with Gasteiger partial charge >= 0.3 is 0 Å². The molecule has 1 saturated carbocycles. The fourth-order valence-corrected chi connectivity index (χ4v) is 4.24. The molecule has 1 nitrogen and oxygen atoms in total. The van der Waals surface area contributed by atoms with Crippen LogP contribution in [0.4, 0.5) is 0 Å². The van der Waals surface area contributed by atoms with Gasteiger partial charge in [-0.05, 0) is 56.3 Å². The summed E-state index contributed by atoms with van der Waals surface area (Å²) < 4.78 is 0. The SMILES string of the molecule is CCC=C(CC)CNC(C)C1(CCC(C)C)CCCC(C)C1. The van der Waals surface area contributed by atoms with Gasteiger partial charge in [0, 0.05) is 12.6 Å². The van der Waals surface area contributed by atoms with Crippen LogP contribution in [0, 0.1) is 17.3 Å². The van der Waals surface area contributed by atoms with Crippen LogP contribution in [0.15, 0.2) is 11.6 Å². The Morgan fingerprint density at radius 2 is 2.00 bits per heavy atom. The van der Waals surface area contributed by atoms with Gasteiger partial charge in [0.15, 0.2) is 0 Å². The molecule has 1 rings (SSSR count). The van der Waals surface area contributed by atoms with Gasteiger partial charge in [-0.2, -0.15) is 0 Å². The lowest BCUT2D eigenvalue weighted by Gasteiger charge is -2.45. The van der Waals surface area contributed by atoms with E-state index in [-0.39, 0.29) is 0 Å². The van der Waals surface area contributed by atoms with Crippen molar-refractivity contribution in [3.8, 4) is 0 Å². The molecule has 1 N–H and O–H groups in total. The van der Waals surface area contributed by atoms with Crippen LogP contribution in [0.2, 0.25) is 0 Å². The quantitative estimate of drug-likeness (QED) is 0.490. The van der Waals surface area contributed by atoms with Gasteiger partial charge in [-0.3, -0.25) is 0 Å². The van der Waals surface area contributed by atoms with E-state index in [4.69, 9.17) is 0 Å². The standard InChI is InChI=1S/C21H41N/c1-7-10-20(8-2)16-22-19(6)21(14-12-17(3)4)13-9-11-18(5)15-21/h10,17-19,22H,7-9,11-16H2,1-6H3. The third-order valence-corrected chi connectivity index (χ3v) is 5.85. The molecule has 0 saturated heterocycles. The molecule has 0 aromatic carbocycles. The molecule has 1 fully saturated rings. The second-order valence-corrected chi connectivity index (χ2v) is 8.22. The van der Waals surface area contributed by atoms with Crippen molar-refractivity contribution in [2.75, 3.05) is 6.54 Å². The third-order valence-electron chi connectivity index (χ3n) is 5.85. The maximum Gasteiger partial charge on any atom is 0.0167 e. The van der Waals surface area contributed by atoms with Crippen molar-refractivity contribution in [1.29, 1.82) is 0 Å². The number of allylic oxidation sites excluding steroid dienone is 1. The lowest BCUT2D eigenvalue weighted by atomic mass is 9.63. The molecule has 130 valence electrons. The minimum atomic E-state index is 0.535. The smallest absolute Gasteiger partial charge is 0.0167 e. The van der Waals surface area contributed by atoms with E-state index in [2.05, 4.69) is 52.9 Å². The first kappa shape index (κ1) is 19.7. The third kappa shape index (κ3) is 6.07. The Hall–Kier alpha value is -0.300. The average molecular weight is 308 g/mol. The van der Waals surface area contributed by atoms with Crippen molar-refractivity contribution in [2.24, 2.45) is 17.3 Å². The van der Waals surface area contributed by atoms with Crippen LogP contribution in [0.3, 0.4) is 0 Å². The first-order valence-corrected chi connectivity index (χ1v) is 9.84. The van der Waals surface area contributed by atoms with E-state index in [1.165, 1.54) is 44.9 Å². The van der Waals surface area contributed by atoms with Crippen molar-refractivity contribution in [2.45, 2.75) is 99.0 Å². The first-order chi connectivity index (χ1) is 10.4. The largest absolute Gasteiger partial charge is 0.310 e. The summed E-state index contributed by atoms with van der Waals surface area (Å²) in [5.74, 6) is 1.73. The second kappa shape index (κ2) is 9.75. The zero-order chi connectivity index (χ0) is 16.6. The summed E-state index contributed by atoms with van der Waals surface area (Å²) in [7, 11) is 0. The van der Waals surface area contributed by atoms with Crippen LogP contribution in [0.1, 0.15) is 92.9 Å². The number of nitrogens with one attached hydrogen (secondary N) is 1. The molecule has 1 aliphatic rings. The molecule has 0 aliphatic heterocycles. The Morgan fingerprint density at radius 3 is 2.55 bits per heavy atom. The molecule has 3 atom stereocenters. The van der Waals surface area contributed by atoms with Gasteiger partial charge in [-0.1, -0.05) is 65.5 Å². The second-order valence-electron chi connectivity index (χ2n) is 8.22. The predicted octanol–water partition coefficient (Wildman–Crippen LogP) is 6.34. The minimum absolute atomic E-state index is 0.535. The zero-order valence-corrected chi connectivity index (χ0v) is 16.2. The van der Waals surface area contributed by atoms with Gasteiger partial charge in [0.1, 0.15) is 0 Å². The van der Waals surface area contributed by atoms with Crippen LogP contribution in [0.5, 0.6) is 0 Å². The molecule has 3 unspecified atom stereocenters. The first-order valence-electron chi connectivity index (χ1n) is 9.84. The number of hydrogen-bond donors (Lipinski definition) is 1. The van der Waals surface area contributed by atoms with Gasteiger partial charge in [-0.25, -0.2) is 0 Å². The van der Waals surface area contributed by atoms with Crippen LogP contribution in [-0.2, 0) is 0 Å². The summed E-state index contributed by atoms with van der Waals surface area (Å²) in [5, 5.41) is 3.90. The Balaban J connectivity index is 2.70. The number of hydrogen-bond acceptors (Lipinski definition) is 1. The fraction of sp³-hybridized carbons (Fsp3) is 0.905. The molecule has 0 radical (unpaired) electrons. The van der Waals surface area contributed by atoms with Crippen molar-refractivity contribution < 1.29 is 0 Å². The summed E-state index contributed by atoms with van der Waals surface area (Å²) in [4.78, 5) is 0. The molecule has 0 heterocycles. The van der Waals surface area contributed by atoms with E-state index in [1.807, 2.05) is 0 Å². The van der Waals surface area contributed by atoms with Crippen molar-refractivity contribution >= 4 is 0 Å². The van der Waals surface area contributed by atoms with E-state index >= 15 is 0 Å². The fourth-order valence-electron chi connectivity index (χ4n) is 4.24. The predicted molar refractivity (Wildman–Crippen MR) is 100 cm³/mol. The molecule has 0 amide bonds. The normalized spacial score (nSPS) is 28.1. The molecular formula is C21H41N. The van der Waals surface area contributed by atoms with Crippen molar-refractivity contribution in [1.82, 2.24) is 5.32 Å². The van der Waals surface area contributed by atoms with Gasteiger partial charge in [0.05, 0.1) is 0 Å². The molecule has 22 heavy (non-hydrogen) atoms. The van der Waals surface area contributed by atoms with E-state index in [0.29, 0.717) is 11.5 Å². The topological polar surface area (TPSA) is 12.0 Å². The lowest BCUT2D eigenvalue weighted by molar-refractivity contribution is 0.0826. The summed E-state index contributed by atoms with van der Waals surface area (Å²) in [6, 6.07) is 0.640. The molecule has 1 aliphatic carbocycles. The highest BCUT2D eigenvalue weighted by atomic mass is 14.9. The monoisotopic (exact) mass is 307 g/mol. The molecule has 0 spiro atoms.